The van der Waals surface area contributed by atoms with Crippen molar-refractivity contribution in [2.45, 2.75) is 17.8 Å². The number of aromatic nitrogens is 5. The van der Waals surface area contributed by atoms with Gasteiger partial charge in [0.05, 0.1) is 44.3 Å². The highest BCUT2D eigenvalue weighted by Crippen LogP contribution is 2.56. The fourth-order valence-corrected chi connectivity index (χ4v) is 15.0. The molecule has 12 aromatic carbocycles. The summed E-state index contributed by atoms with van der Waals surface area (Å²) in [6.45, 7) is 6.95. The molecule has 15 aromatic rings. The van der Waals surface area contributed by atoms with Gasteiger partial charge in [0.25, 0.3) is 0 Å². The van der Waals surface area contributed by atoms with Crippen LogP contribution in [-0.2, 0) is 10.8 Å². The molecule has 0 bridgehead atoms. The summed E-state index contributed by atoms with van der Waals surface area (Å²) in [5.74, 6) is 1.75. The molecule has 89 heavy (non-hydrogen) atoms. The highest BCUT2D eigenvalue weighted by Gasteiger charge is 2.47. The van der Waals surface area contributed by atoms with Crippen LogP contribution in [-0.4, -0.2) is 24.1 Å². The molecule has 0 radical (unpaired) electrons. The van der Waals surface area contributed by atoms with Crippen LogP contribution in [0.3, 0.4) is 0 Å². The molecule has 5 heterocycles. The van der Waals surface area contributed by atoms with E-state index in [1.807, 2.05) is 6.92 Å². The predicted molar refractivity (Wildman–Crippen MR) is 367 cm³/mol. The van der Waals surface area contributed by atoms with Crippen molar-refractivity contribution in [1.82, 2.24) is 24.1 Å². The van der Waals surface area contributed by atoms with Crippen molar-refractivity contribution in [3.63, 3.8) is 0 Å². The number of hydrogen-bond acceptors (Lipinski definition) is 3. The molecule has 0 spiro atoms. The van der Waals surface area contributed by atoms with Crippen molar-refractivity contribution in [3.8, 4) is 67.8 Å². The predicted octanol–water partition coefficient (Wildman–Crippen LogP) is 20.4. The molecule has 2 aliphatic heterocycles. The molecule has 2 aliphatic rings. The molecule has 0 aliphatic carbocycles. The molecule has 17 rings (SSSR count). The summed E-state index contributed by atoms with van der Waals surface area (Å²) in [5, 5.41) is 4.53. The summed E-state index contributed by atoms with van der Waals surface area (Å²) in [6.07, 6.45) is 8.42. The van der Waals surface area contributed by atoms with Crippen LogP contribution in [0.15, 0.2) is 328 Å². The summed E-state index contributed by atoms with van der Waals surface area (Å²) in [6, 6.07) is 106. The van der Waals surface area contributed by atoms with Gasteiger partial charge >= 0.3 is 0 Å². The Kier molecular flexibility index (Phi) is 12.0. The lowest BCUT2D eigenvalue weighted by atomic mass is 9.63. The quantitative estimate of drug-likeness (QED) is 0.121. The van der Waals surface area contributed by atoms with Gasteiger partial charge in [0.15, 0.2) is 17.5 Å². The van der Waals surface area contributed by atoms with Gasteiger partial charge in [0.2, 0.25) is 0 Å². The third-order valence-corrected chi connectivity index (χ3v) is 18.7. The molecule has 5 nitrogen and oxygen atoms in total. The number of allylic oxidation sites excluding steroid dienone is 5. The van der Waals surface area contributed by atoms with E-state index >= 15 is 0 Å². The van der Waals surface area contributed by atoms with Gasteiger partial charge < -0.3 is 9.13 Å². The maximum absolute atomic E-state index is 5.58. The minimum Gasteiger partial charge on any atom is -0.309 e. The Hall–Kier alpha value is -11.5. The smallest absolute Gasteiger partial charge is 0.164 e. The fourth-order valence-electron chi connectivity index (χ4n) is 15.0. The highest BCUT2D eigenvalue weighted by molar-refractivity contribution is 6.14. The lowest BCUT2D eigenvalue weighted by Gasteiger charge is -2.42. The van der Waals surface area contributed by atoms with Crippen molar-refractivity contribution in [2.75, 3.05) is 0 Å². The van der Waals surface area contributed by atoms with Crippen molar-refractivity contribution >= 4 is 43.6 Å². The Labute approximate surface area is 516 Å². The normalized spacial score (nSPS) is 14.7. The number of rotatable bonds is 11. The van der Waals surface area contributed by atoms with E-state index in [2.05, 4.69) is 325 Å². The van der Waals surface area contributed by atoms with Gasteiger partial charge in [-0.15, -0.1) is 0 Å². The molecule has 0 N–H and O–H groups in total. The molecule has 0 saturated heterocycles. The highest BCUT2D eigenvalue weighted by atomic mass is 15.0. The van der Waals surface area contributed by atoms with Crippen LogP contribution >= 0.6 is 0 Å². The molecule has 0 amide bonds. The van der Waals surface area contributed by atoms with Gasteiger partial charge in [0, 0.05) is 38.2 Å². The van der Waals surface area contributed by atoms with Crippen molar-refractivity contribution in [3.05, 3.63) is 367 Å². The van der Waals surface area contributed by atoms with E-state index in [0.29, 0.717) is 17.5 Å². The first-order valence-electron chi connectivity index (χ1n) is 30.6. The molecule has 418 valence electrons. The Bertz CT molecular complexity index is 5290. The van der Waals surface area contributed by atoms with E-state index in [-0.39, 0.29) is 0 Å². The number of para-hydroxylation sites is 4. The van der Waals surface area contributed by atoms with Gasteiger partial charge in [-0.25, -0.2) is 15.0 Å². The maximum atomic E-state index is 5.58. The average Bonchev–Trinajstić information content (AvgIpc) is 1.65. The largest absolute Gasteiger partial charge is 0.309 e. The lowest BCUT2D eigenvalue weighted by Crippen LogP contribution is -2.35. The first-order chi connectivity index (χ1) is 44.0. The monoisotopic (exact) mass is 1140 g/mol. The minimum atomic E-state index is -0.684. The molecule has 1 atom stereocenters. The zero-order chi connectivity index (χ0) is 59.2. The number of fused-ring (bicyclic) bond motifs is 10. The molecule has 5 heteroatoms. The molecule has 1 unspecified atom stereocenters. The summed E-state index contributed by atoms with van der Waals surface area (Å²) >= 11 is 0. The average molecular weight is 1140 g/mol. The molecule has 0 fully saturated rings. The zero-order valence-corrected chi connectivity index (χ0v) is 49.0. The van der Waals surface area contributed by atoms with Crippen LogP contribution in [0.2, 0.25) is 0 Å². The minimum absolute atomic E-state index is 0.582. The van der Waals surface area contributed by atoms with Crippen molar-refractivity contribution in [2.24, 2.45) is 0 Å². The number of hydrogen-bond donors (Lipinski definition) is 0. The Morgan fingerprint density at radius 1 is 0.337 bits per heavy atom. The summed E-state index contributed by atoms with van der Waals surface area (Å²) in [7, 11) is 0. The van der Waals surface area contributed by atoms with Crippen LogP contribution < -0.4 is 0 Å². The van der Waals surface area contributed by atoms with Gasteiger partial charge in [-0.3, -0.25) is 0 Å². The summed E-state index contributed by atoms with van der Waals surface area (Å²) in [4.78, 5) is 16.7. The first kappa shape index (κ1) is 51.9. The number of benzene rings is 12. The Balaban J connectivity index is 0.908. The maximum Gasteiger partial charge on any atom is 0.164 e. The topological polar surface area (TPSA) is 48.5 Å². The summed E-state index contributed by atoms with van der Waals surface area (Å²) in [5.41, 5.74) is 22.0. The van der Waals surface area contributed by atoms with Gasteiger partial charge in [-0.1, -0.05) is 255 Å². The second-order valence-electron chi connectivity index (χ2n) is 23.4. The Morgan fingerprint density at radius 2 is 0.753 bits per heavy atom. The molecule has 3 aromatic heterocycles. The SMILES string of the molecule is C=C(/C=C\C=C/C)C1(c2ccccc2)c2ccccc2-n2c3ccc(-c4nc(-c5cc(-c6ccccc6)cc(-c6ccccc6)c5)nc(-c5ccc6c(c5)c5cccc7c5n6-c5ccccc5C7(c5ccccc5)c5ccccc5)n4)cc3c3cccc1c32. The fraction of sp³-hybridized carbons (Fsp3) is 0.0357. The molecular weight excluding hydrogens is 1080 g/mol. The van der Waals surface area contributed by atoms with Crippen molar-refractivity contribution < 1.29 is 0 Å². The van der Waals surface area contributed by atoms with E-state index < -0.39 is 10.8 Å². The first-order valence-corrected chi connectivity index (χ1v) is 30.6. The van der Waals surface area contributed by atoms with E-state index in [9.17, 15) is 0 Å². The molecular formula is C84H57N5. The van der Waals surface area contributed by atoms with E-state index in [1.165, 1.54) is 38.9 Å². The third kappa shape index (κ3) is 7.78. The van der Waals surface area contributed by atoms with Gasteiger partial charge in [0.1, 0.15) is 0 Å². The van der Waals surface area contributed by atoms with Crippen LogP contribution in [0.5, 0.6) is 0 Å². The zero-order valence-electron chi connectivity index (χ0n) is 49.0. The lowest BCUT2D eigenvalue weighted by molar-refractivity contribution is 0.728. The second kappa shape index (κ2) is 20.6. The standard InChI is InChI=1S/C84H57N5/c1-3-4-10-27-55(2)83(63-32-15-7-16-33-63)70-40-21-23-44-76(70)88-74-48-46-58(53-68(74)66-38-25-42-72(83)78(66)88)80-85-81(87-82(86-80)62-51-60(56-28-11-5-12-29-56)50-61(52-62)57-30-13-6-14-31-57)59-47-49-75-69(54-59)67-39-26-43-73-79(67)89(75)77-45-24-22-41-71(77)84(73,64-34-17-8-18-35-64)65-36-19-9-20-37-65/h3-54H,2H2,1H3/b4-3-,27-10-. The number of nitrogens with zero attached hydrogens (tertiary/aromatic N) is 5. The van der Waals surface area contributed by atoms with Crippen molar-refractivity contribution in [1.29, 1.82) is 0 Å². The van der Waals surface area contributed by atoms with Crippen LogP contribution in [0.25, 0.3) is 111 Å². The Morgan fingerprint density at radius 3 is 1.28 bits per heavy atom. The second-order valence-corrected chi connectivity index (χ2v) is 23.4. The summed E-state index contributed by atoms with van der Waals surface area (Å²) < 4.78 is 4.95. The third-order valence-electron chi connectivity index (χ3n) is 18.7. The van der Waals surface area contributed by atoms with Gasteiger partial charge in [-0.2, -0.15) is 0 Å². The molecule has 0 saturated carbocycles. The van der Waals surface area contributed by atoms with E-state index in [0.717, 1.165) is 99.6 Å². The van der Waals surface area contributed by atoms with E-state index in [1.54, 1.807) is 0 Å². The van der Waals surface area contributed by atoms with Crippen LogP contribution in [0.4, 0.5) is 0 Å². The van der Waals surface area contributed by atoms with Crippen LogP contribution in [0, 0.1) is 0 Å². The van der Waals surface area contributed by atoms with E-state index in [4.69, 9.17) is 21.5 Å². The van der Waals surface area contributed by atoms with Gasteiger partial charge in [-0.05, 0) is 140 Å². The van der Waals surface area contributed by atoms with Crippen LogP contribution in [0.1, 0.15) is 45.9 Å².